The lowest BCUT2D eigenvalue weighted by atomic mass is 9.35. The Bertz CT molecular complexity index is 1050. The molecule has 3 aromatic rings. The molecule has 0 saturated heterocycles. The maximum atomic E-state index is 9.18. The molecule has 0 N–H and O–H groups in total. The molecule has 4 heteroatoms. The molecule has 0 fully saturated rings. The third-order valence-electron chi connectivity index (χ3n) is 4.70. The number of hydrogen-bond donors (Lipinski definition) is 0. The summed E-state index contributed by atoms with van der Waals surface area (Å²) in [5.74, 6) is 5.67. The maximum absolute atomic E-state index is 9.18. The predicted octanol–water partition coefficient (Wildman–Crippen LogP) is 2.27. The van der Waals surface area contributed by atoms with Gasteiger partial charge in [-0.3, -0.25) is 0 Å². The molecule has 0 saturated carbocycles. The van der Waals surface area contributed by atoms with E-state index in [0.29, 0.717) is 11.3 Å². The Morgan fingerprint density at radius 2 is 1.40 bits per heavy atom. The number of nitriles is 1. The molecule has 0 unspecified atom stereocenters. The molecule has 3 aromatic carbocycles. The van der Waals surface area contributed by atoms with Gasteiger partial charge in [0, 0.05) is 11.0 Å². The number of terminal acetylenes is 1. The number of rotatable bonds is 0. The summed E-state index contributed by atoms with van der Waals surface area (Å²) in [6, 6.07) is 19.3. The molecule has 0 atom stereocenters. The molecular weight excluding hydrogens is 309 g/mol. The maximum Gasteiger partial charge on any atom is 0.260 e. The highest BCUT2D eigenvalue weighted by Crippen LogP contribution is 2.34. The molecule has 25 heavy (non-hydrogen) atoms. The smallest absolute Gasteiger partial charge is 0.260 e. The third-order valence-corrected chi connectivity index (χ3v) is 4.70. The average molecular weight is 319 g/mol. The molecule has 0 radical (unpaired) electrons. The minimum absolute atomic E-state index is 0.00160. The van der Waals surface area contributed by atoms with E-state index in [1.54, 1.807) is 6.07 Å². The fourth-order valence-corrected chi connectivity index (χ4v) is 3.58. The van der Waals surface area contributed by atoms with Crippen molar-refractivity contribution in [1.82, 2.24) is 0 Å². The van der Waals surface area contributed by atoms with E-state index in [9.17, 15) is 5.26 Å². The summed E-state index contributed by atoms with van der Waals surface area (Å²) in [6.07, 6.45) is 5.53. The largest absolute Gasteiger partial charge is 0.458 e. The summed E-state index contributed by atoms with van der Waals surface area (Å²) in [5.41, 5.74) is 4.45. The van der Waals surface area contributed by atoms with Crippen molar-refractivity contribution in [3.8, 4) is 41.4 Å². The highest BCUT2D eigenvalue weighted by Gasteiger charge is 2.39. The molecule has 2 aliphatic heterocycles. The van der Waals surface area contributed by atoms with Gasteiger partial charge < -0.3 is 9.47 Å². The van der Waals surface area contributed by atoms with E-state index >= 15 is 0 Å². The normalized spacial score (nSPS) is 12.5. The highest BCUT2D eigenvalue weighted by molar-refractivity contribution is 6.98. The first-order valence-corrected chi connectivity index (χ1v) is 7.91. The quantitative estimate of drug-likeness (QED) is 0.325. The number of benzene rings is 3. The topological polar surface area (TPSA) is 42.2 Å². The standard InChI is InChI=1S/C21H10BNO2/c1-2-13-6-8-15-19(10-13)24-17-4-3-5-18-21(17)22(15)16-9-7-14(12-23)11-20(16)25-18/h1,3-11H. The average Bonchev–Trinajstić information content (AvgIpc) is 2.66. The molecule has 2 heterocycles. The Hall–Kier alpha value is -3.63. The first-order chi connectivity index (χ1) is 12.3. The van der Waals surface area contributed by atoms with Crippen molar-refractivity contribution in [3.63, 3.8) is 0 Å². The Morgan fingerprint density at radius 3 is 2.00 bits per heavy atom. The van der Waals surface area contributed by atoms with Gasteiger partial charge in [-0.1, -0.05) is 24.1 Å². The number of nitrogens with zero attached hydrogens (tertiary/aromatic N) is 1. The van der Waals surface area contributed by atoms with Crippen molar-refractivity contribution < 1.29 is 9.47 Å². The van der Waals surface area contributed by atoms with Crippen LogP contribution in [0.1, 0.15) is 11.1 Å². The van der Waals surface area contributed by atoms with Crippen LogP contribution in [0.4, 0.5) is 0 Å². The molecule has 114 valence electrons. The third kappa shape index (κ3) is 1.89. The highest BCUT2D eigenvalue weighted by atomic mass is 16.5. The van der Waals surface area contributed by atoms with Crippen LogP contribution in [-0.2, 0) is 0 Å². The van der Waals surface area contributed by atoms with Crippen LogP contribution in [0.15, 0.2) is 54.6 Å². The van der Waals surface area contributed by atoms with Gasteiger partial charge in [-0.15, -0.1) is 6.42 Å². The van der Waals surface area contributed by atoms with Crippen molar-refractivity contribution in [3.05, 3.63) is 65.7 Å². The summed E-state index contributed by atoms with van der Waals surface area (Å²) in [7, 11) is 0. The summed E-state index contributed by atoms with van der Waals surface area (Å²) in [4.78, 5) is 0. The molecule has 5 rings (SSSR count). The first-order valence-electron chi connectivity index (χ1n) is 7.91. The van der Waals surface area contributed by atoms with E-state index in [0.717, 1.165) is 39.2 Å². The van der Waals surface area contributed by atoms with Crippen LogP contribution >= 0.6 is 0 Å². The summed E-state index contributed by atoms with van der Waals surface area (Å²) >= 11 is 0. The van der Waals surface area contributed by atoms with Crippen molar-refractivity contribution in [2.75, 3.05) is 0 Å². The Balaban J connectivity index is 1.81. The van der Waals surface area contributed by atoms with Gasteiger partial charge in [0.1, 0.15) is 23.0 Å². The van der Waals surface area contributed by atoms with Crippen LogP contribution in [0.5, 0.6) is 23.0 Å². The van der Waals surface area contributed by atoms with E-state index in [1.165, 1.54) is 0 Å². The Labute approximate surface area is 145 Å². The Morgan fingerprint density at radius 1 is 0.800 bits per heavy atom. The van der Waals surface area contributed by atoms with Gasteiger partial charge in [-0.05, 0) is 47.3 Å². The van der Waals surface area contributed by atoms with Gasteiger partial charge in [-0.2, -0.15) is 5.26 Å². The Kier molecular flexibility index (Phi) is 2.72. The fourth-order valence-electron chi connectivity index (χ4n) is 3.58. The molecule has 0 amide bonds. The van der Waals surface area contributed by atoms with Crippen molar-refractivity contribution >= 4 is 23.1 Å². The lowest BCUT2D eigenvalue weighted by Crippen LogP contribution is -2.57. The van der Waals surface area contributed by atoms with Crippen LogP contribution in [0.3, 0.4) is 0 Å². The van der Waals surface area contributed by atoms with Crippen molar-refractivity contribution in [1.29, 1.82) is 5.26 Å². The minimum Gasteiger partial charge on any atom is -0.458 e. The zero-order valence-electron chi connectivity index (χ0n) is 13.1. The summed E-state index contributed by atoms with van der Waals surface area (Å²) < 4.78 is 12.2. The van der Waals surface area contributed by atoms with Gasteiger partial charge in [0.05, 0.1) is 11.6 Å². The second kappa shape index (κ2) is 4.93. The van der Waals surface area contributed by atoms with E-state index in [2.05, 4.69) is 12.0 Å². The van der Waals surface area contributed by atoms with Crippen LogP contribution in [-0.4, -0.2) is 6.71 Å². The molecule has 0 bridgehead atoms. The molecule has 0 aliphatic carbocycles. The van der Waals surface area contributed by atoms with Crippen LogP contribution in [0, 0.1) is 23.7 Å². The molecule has 0 aromatic heterocycles. The van der Waals surface area contributed by atoms with Crippen molar-refractivity contribution in [2.45, 2.75) is 0 Å². The van der Waals surface area contributed by atoms with Crippen LogP contribution in [0.25, 0.3) is 0 Å². The summed E-state index contributed by atoms with van der Waals surface area (Å²) in [6.45, 7) is -0.00160. The van der Waals surface area contributed by atoms with Gasteiger partial charge in [-0.25, -0.2) is 0 Å². The number of ether oxygens (including phenoxy) is 2. The molecular formula is C21H10BNO2. The first kappa shape index (κ1) is 13.8. The van der Waals surface area contributed by atoms with Crippen LogP contribution in [0.2, 0.25) is 0 Å². The van der Waals surface area contributed by atoms with E-state index < -0.39 is 0 Å². The van der Waals surface area contributed by atoms with Gasteiger partial charge in [0.25, 0.3) is 6.71 Å². The second-order valence-electron chi connectivity index (χ2n) is 6.07. The fraction of sp³-hybridized carbons (Fsp3) is 0. The second-order valence-corrected chi connectivity index (χ2v) is 6.07. The van der Waals surface area contributed by atoms with E-state index in [-0.39, 0.29) is 6.71 Å². The van der Waals surface area contributed by atoms with Gasteiger partial charge >= 0.3 is 0 Å². The van der Waals surface area contributed by atoms with Crippen LogP contribution < -0.4 is 25.9 Å². The SMILES string of the molecule is C#Cc1ccc2c(c1)Oc1cccc3c1B2c1ccc(C#N)cc1O3. The zero-order chi connectivity index (χ0) is 17.0. The lowest BCUT2D eigenvalue weighted by molar-refractivity contribution is 0.464. The molecule has 2 aliphatic rings. The lowest BCUT2D eigenvalue weighted by Gasteiger charge is -2.32. The van der Waals surface area contributed by atoms with Gasteiger partial charge in [0.15, 0.2) is 0 Å². The van der Waals surface area contributed by atoms with E-state index in [1.807, 2.05) is 48.5 Å². The molecule has 3 nitrogen and oxygen atoms in total. The zero-order valence-corrected chi connectivity index (χ0v) is 13.1. The summed E-state index contributed by atoms with van der Waals surface area (Å²) in [5, 5.41) is 9.18. The molecule has 0 spiro atoms. The number of hydrogen-bond acceptors (Lipinski definition) is 3. The van der Waals surface area contributed by atoms with Gasteiger partial charge in [0.2, 0.25) is 0 Å². The monoisotopic (exact) mass is 319 g/mol. The number of fused-ring (bicyclic) bond motifs is 4. The van der Waals surface area contributed by atoms with Crippen molar-refractivity contribution in [2.24, 2.45) is 0 Å². The predicted molar refractivity (Wildman–Crippen MR) is 96.8 cm³/mol. The van der Waals surface area contributed by atoms with E-state index in [4.69, 9.17) is 15.9 Å². The minimum atomic E-state index is -0.00160.